The van der Waals surface area contributed by atoms with E-state index in [1.165, 1.54) is 12.1 Å². The zero-order valence-corrected chi connectivity index (χ0v) is 10.9. The third-order valence-electron chi connectivity index (χ3n) is 2.98. The van der Waals surface area contributed by atoms with Crippen LogP contribution in [0.2, 0.25) is 0 Å². The summed E-state index contributed by atoms with van der Waals surface area (Å²) in [4.78, 5) is 11.9. The van der Waals surface area contributed by atoms with Gasteiger partial charge in [0.05, 0.1) is 0 Å². The van der Waals surface area contributed by atoms with E-state index in [4.69, 9.17) is 0 Å². The molecule has 0 bridgehead atoms. The fraction of sp³-hybridized carbons (Fsp3) is 0.500. The van der Waals surface area contributed by atoms with Crippen LogP contribution in [-0.2, 0) is 0 Å². The lowest BCUT2D eigenvalue weighted by atomic mass is 10.0. The van der Waals surface area contributed by atoms with Crippen molar-refractivity contribution in [1.29, 1.82) is 0 Å². The van der Waals surface area contributed by atoms with E-state index in [0.29, 0.717) is 17.0 Å². The lowest BCUT2D eigenvalue weighted by molar-refractivity contribution is 0.0924. The standard InChI is InChI=1S/C14H20FNO/c1-5-13(9(2)3)16-14(17)11-6-7-12(15)10(4)8-11/h6-9,13H,5H2,1-4H3,(H,16,17). The van der Waals surface area contributed by atoms with Crippen molar-refractivity contribution in [2.45, 2.75) is 40.2 Å². The summed E-state index contributed by atoms with van der Waals surface area (Å²) in [7, 11) is 0. The van der Waals surface area contributed by atoms with Crippen molar-refractivity contribution in [1.82, 2.24) is 5.32 Å². The van der Waals surface area contributed by atoms with Crippen molar-refractivity contribution < 1.29 is 9.18 Å². The number of amides is 1. The summed E-state index contributed by atoms with van der Waals surface area (Å²) < 4.78 is 13.1. The normalized spacial score (nSPS) is 12.6. The van der Waals surface area contributed by atoms with E-state index < -0.39 is 0 Å². The molecule has 0 radical (unpaired) electrons. The maximum absolute atomic E-state index is 13.1. The molecule has 1 N–H and O–H groups in total. The molecule has 17 heavy (non-hydrogen) atoms. The van der Waals surface area contributed by atoms with Gasteiger partial charge in [0.25, 0.3) is 5.91 Å². The molecule has 3 heteroatoms. The molecule has 1 atom stereocenters. The first-order valence-electron chi connectivity index (χ1n) is 6.02. The molecule has 1 aromatic rings. The number of hydrogen-bond acceptors (Lipinski definition) is 1. The Morgan fingerprint density at radius 1 is 1.41 bits per heavy atom. The molecule has 2 nitrogen and oxygen atoms in total. The Labute approximate surface area is 102 Å². The van der Waals surface area contributed by atoms with Crippen LogP contribution < -0.4 is 5.32 Å². The van der Waals surface area contributed by atoms with Crippen LogP contribution in [0.1, 0.15) is 43.1 Å². The molecule has 1 amide bonds. The van der Waals surface area contributed by atoms with Crippen molar-refractivity contribution in [3.63, 3.8) is 0 Å². The molecule has 1 unspecified atom stereocenters. The van der Waals surface area contributed by atoms with Crippen LogP contribution in [0, 0.1) is 18.7 Å². The summed E-state index contributed by atoms with van der Waals surface area (Å²) in [5, 5.41) is 2.97. The van der Waals surface area contributed by atoms with Gasteiger partial charge in [0.1, 0.15) is 5.82 Å². The molecule has 1 aromatic carbocycles. The fourth-order valence-electron chi connectivity index (χ4n) is 1.78. The van der Waals surface area contributed by atoms with Gasteiger partial charge in [-0.1, -0.05) is 20.8 Å². The molecule has 0 aliphatic carbocycles. The van der Waals surface area contributed by atoms with E-state index in [1.807, 2.05) is 6.92 Å². The number of rotatable bonds is 4. The highest BCUT2D eigenvalue weighted by Crippen LogP contribution is 2.11. The molecule has 0 saturated carbocycles. The smallest absolute Gasteiger partial charge is 0.251 e. The topological polar surface area (TPSA) is 29.1 Å². The van der Waals surface area contributed by atoms with Crippen LogP contribution in [0.4, 0.5) is 4.39 Å². The van der Waals surface area contributed by atoms with E-state index in [0.717, 1.165) is 6.42 Å². The predicted molar refractivity (Wildman–Crippen MR) is 67.5 cm³/mol. The second-order valence-electron chi connectivity index (χ2n) is 4.70. The molecule has 0 heterocycles. The maximum Gasteiger partial charge on any atom is 0.251 e. The molecule has 94 valence electrons. The van der Waals surface area contributed by atoms with Crippen molar-refractivity contribution in [3.8, 4) is 0 Å². The van der Waals surface area contributed by atoms with Gasteiger partial charge in [0.2, 0.25) is 0 Å². The first kappa shape index (κ1) is 13.7. The summed E-state index contributed by atoms with van der Waals surface area (Å²) >= 11 is 0. The van der Waals surface area contributed by atoms with Crippen molar-refractivity contribution in [3.05, 3.63) is 35.1 Å². The monoisotopic (exact) mass is 237 g/mol. The number of carbonyl (C=O) groups excluding carboxylic acids is 1. The Bertz CT molecular complexity index is 401. The van der Waals surface area contributed by atoms with Crippen molar-refractivity contribution in [2.75, 3.05) is 0 Å². The highest BCUT2D eigenvalue weighted by Gasteiger charge is 2.15. The van der Waals surface area contributed by atoms with Gasteiger partial charge in [-0.05, 0) is 43.0 Å². The molecular formula is C14H20FNO. The summed E-state index contributed by atoms with van der Waals surface area (Å²) in [6.07, 6.45) is 0.892. The van der Waals surface area contributed by atoms with Crippen LogP contribution in [0.15, 0.2) is 18.2 Å². The van der Waals surface area contributed by atoms with E-state index in [9.17, 15) is 9.18 Å². The molecular weight excluding hydrogens is 217 g/mol. The minimum absolute atomic E-state index is 0.131. The van der Waals surface area contributed by atoms with Crippen LogP contribution in [0.5, 0.6) is 0 Å². The Kier molecular flexibility index (Phi) is 4.67. The lowest BCUT2D eigenvalue weighted by Gasteiger charge is -2.20. The summed E-state index contributed by atoms with van der Waals surface area (Å²) in [6.45, 7) is 7.85. The predicted octanol–water partition coefficient (Wildman–Crippen LogP) is 3.30. The summed E-state index contributed by atoms with van der Waals surface area (Å²) in [6, 6.07) is 4.59. The molecule has 0 aliphatic rings. The number of carbonyl (C=O) groups is 1. The fourth-order valence-corrected chi connectivity index (χ4v) is 1.78. The Balaban J connectivity index is 2.79. The quantitative estimate of drug-likeness (QED) is 0.855. The Morgan fingerprint density at radius 3 is 2.53 bits per heavy atom. The first-order chi connectivity index (χ1) is 7.95. The lowest BCUT2D eigenvalue weighted by Crippen LogP contribution is -2.38. The van der Waals surface area contributed by atoms with Crippen molar-refractivity contribution >= 4 is 5.91 Å². The number of aryl methyl sites for hydroxylation is 1. The number of hydrogen-bond donors (Lipinski definition) is 1. The van der Waals surface area contributed by atoms with Gasteiger partial charge >= 0.3 is 0 Å². The van der Waals surface area contributed by atoms with Crippen LogP contribution in [0.25, 0.3) is 0 Å². The average Bonchev–Trinajstić information content (AvgIpc) is 2.28. The van der Waals surface area contributed by atoms with E-state index in [-0.39, 0.29) is 17.8 Å². The second kappa shape index (κ2) is 5.80. The van der Waals surface area contributed by atoms with E-state index >= 15 is 0 Å². The number of nitrogens with one attached hydrogen (secondary N) is 1. The zero-order valence-electron chi connectivity index (χ0n) is 10.9. The van der Waals surface area contributed by atoms with Crippen LogP contribution >= 0.6 is 0 Å². The summed E-state index contributed by atoms with van der Waals surface area (Å²) in [5.41, 5.74) is 1.01. The van der Waals surface area contributed by atoms with Gasteiger partial charge in [0, 0.05) is 11.6 Å². The maximum atomic E-state index is 13.1. The van der Waals surface area contributed by atoms with Gasteiger partial charge < -0.3 is 5.32 Å². The third kappa shape index (κ3) is 3.55. The SMILES string of the molecule is CCC(NC(=O)c1ccc(F)c(C)c1)C(C)C. The van der Waals surface area contributed by atoms with Gasteiger partial charge in [-0.25, -0.2) is 4.39 Å². The van der Waals surface area contributed by atoms with Crippen LogP contribution in [-0.4, -0.2) is 11.9 Å². The molecule has 0 aliphatic heterocycles. The minimum Gasteiger partial charge on any atom is -0.349 e. The van der Waals surface area contributed by atoms with E-state index in [2.05, 4.69) is 19.2 Å². The average molecular weight is 237 g/mol. The van der Waals surface area contributed by atoms with Gasteiger partial charge in [-0.15, -0.1) is 0 Å². The number of benzene rings is 1. The summed E-state index contributed by atoms with van der Waals surface area (Å²) in [5.74, 6) is -0.0170. The van der Waals surface area contributed by atoms with Gasteiger partial charge in [-0.3, -0.25) is 4.79 Å². The zero-order chi connectivity index (χ0) is 13.0. The van der Waals surface area contributed by atoms with E-state index in [1.54, 1.807) is 13.0 Å². The first-order valence-corrected chi connectivity index (χ1v) is 6.02. The highest BCUT2D eigenvalue weighted by atomic mass is 19.1. The third-order valence-corrected chi connectivity index (χ3v) is 2.98. The number of halogens is 1. The molecule has 0 aromatic heterocycles. The molecule has 0 fully saturated rings. The Morgan fingerprint density at radius 2 is 2.06 bits per heavy atom. The Hall–Kier alpha value is -1.38. The second-order valence-corrected chi connectivity index (χ2v) is 4.70. The van der Waals surface area contributed by atoms with Gasteiger partial charge in [-0.2, -0.15) is 0 Å². The minimum atomic E-state index is -0.280. The van der Waals surface area contributed by atoms with Crippen molar-refractivity contribution in [2.24, 2.45) is 5.92 Å². The van der Waals surface area contributed by atoms with Gasteiger partial charge in [0.15, 0.2) is 0 Å². The largest absolute Gasteiger partial charge is 0.349 e. The molecule has 0 saturated heterocycles. The van der Waals surface area contributed by atoms with Crippen LogP contribution in [0.3, 0.4) is 0 Å². The molecule has 0 spiro atoms. The molecule has 1 rings (SSSR count). The highest BCUT2D eigenvalue weighted by molar-refractivity contribution is 5.94.